The molecule has 0 aliphatic carbocycles. The summed E-state index contributed by atoms with van der Waals surface area (Å²) in [5.41, 5.74) is 12.4. The fourth-order valence-corrected chi connectivity index (χ4v) is 8.85. The highest BCUT2D eigenvalue weighted by Crippen LogP contribution is 2.46. The van der Waals surface area contributed by atoms with E-state index in [9.17, 15) is 0 Å². The Hall–Kier alpha value is -7.56. The molecule has 0 N–H and O–H groups in total. The van der Waals surface area contributed by atoms with E-state index in [0.717, 1.165) is 77.7 Å². The molecule has 0 atom stereocenters. The van der Waals surface area contributed by atoms with Crippen LogP contribution in [0.2, 0.25) is 0 Å². The van der Waals surface area contributed by atoms with Crippen molar-refractivity contribution in [2.45, 2.75) is 0 Å². The van der Waals surface area contributed by atoms with Gasteiger partial charge in [0.05, 0.1) is 11.0 Å². The normalized spacial score (nSPS) is 11.9. The highest BCUT2D eigenvalue weighted by atomic mass is 16.3. The van der Waals surface area contributed by atoms with E-state index < -0.39 is 0 Å². The Bertz CT molecular complexity index is 3480. The predicted octanol–water partition coefficient (Wildman–Crippen LogP) is 14.9. The fourth-order valence-electron chi connectivity index (χ4n) is 8.85. The lowest BCUT2D eigenvalue weighted by molar-refractivity contribution is 0.668. The first-order chi connectivity index (χ1) is 27.8. The predicted molar refractivity (Wildman–Crippen MR) is 233 cm³/mol. The number of hydrogen-bond acceptors (Lipinski definition) is 3. The van der Waals surface area contributed by atoms with Crippen LogP contribution in [0.4, 0.5) is 17.1 Å². The second-order valence-electron chi connectivity index (χ2n) is 14.5. The highest BCUT2D eigenvalue weighted by molar-refractivity contribution is 6.25. The van der Waals surface area contributed by atoms with Crippen molar-refractivity contribution in [3.05, 3.63) is 194 Å². The summed E-state index contributed by atoms with van der Waals surface area (Å²) >= 11 is 0. The topological polar surface area (TPSA) is 34.5 Å². The molecule has 9 aromatic carbocycles. The zero-order chi connectivity index (χ0) is 36.7. The van der Waals surface area contributed by atoms with Crippen LogP contribution in [0, 0.1) is 0 Å². The van der Waals surface area contributed by atoms with Gasteiger partial charge >= 0.3 is 0 Å². The summed E-state index contributed by atoms with van der Waals surface area (Å²) < 4.78 is 15.3. The molecule has 0 fully saturated rings. The second-order valence-corrected chi connectivity index (χ2v) is 14.5. The van der Waals surface area contributed by atoms with Crippen LogP contribution in [0.1, 0.15) is 0 Å². The summed E-state index contributed by atoms with van der Waals surface area (Å²) in [6.07, 6.45) is 0. The van der Waals surface area contributed by atoms with E-state index in [1.807, 2.05) is 24.3 Å². The van der Waals surface area contributed by atoms with E-state index in [0.29, 0.717) is 0 Å². The third kappa shape index (κ3) is 4.60. The molecule has 56 heavy (non-hydrogen) atoms. The average molecular weight is 717 g/mol. The number of nitrogens with zero attached hydrogens (tertiary/aromatic N) is 2. The minimum absolute atomic E-state index is 0.863. The summed E-state index contributed by atoms with van der Waals surface area (Å²) in [6, 6.07) is 69.1. The van der Waals surface area contributed by atoms with Crippen LogP contribution < -0.4 is 4.90 Å². The maximum atomic E-state index is 6.43. The molecule has 262 valence electrons. The Morgan fingerprint density at radius 2 is 0.929 bits per heavy atom. The number of fused-ring (bicyclic) bond motifs is 11. The lowest BCUT2D eigenvalue weighted by atomic mass is 9.94. The van der Waals surface area contributed by atoms with Crippen molar-refractivity contribution in [3.8, 4) is 16.8 Å². The lowest BCUT2D eigenvalue weighted by Crippen LogP contribution is -2.09. The number of para-hydroxylation sites is 4. The molecule has 0 unspecified atom stereocenters. The van der Waals surface area contributed by atoms with Gasteiger partial charge in [-0.2, -0.15) is 0 Å². The minimum atomic E-state index is 0.863. The van der Waals surface area contributed by atoms with E-state index >= 15 is 0 Å². The number of aromatic nitrogens is 1. The molecule has 4 nitrogen and oxygen atoms in total. The summed E-state index contributed by atoms with van der Waals surface area (Å²) in [6.45, 7) is 0. The van der Waals surface area contributed by atoms with Crippen molar-refractivity contribution in [2.75, 3.05) is 4.90 Å². The van der Waals surface area contributed by atoms with Gasteiger partial charge in [-0.25, -0.2) is 0 Å². The zero-order valence-electron chi connectivity index (χ0n) is 30.2. The summed E-state index contributed by atoms with van der Waals surface area (Å²) in [5, 5.41) is 9.26. The van der Waals surface area contributed by atoms with Crippen LogP contribution in [-0.2, 0) is 0 Å². The van der Waals surface area contributed by atoms with Gasteiger partial charge in [0.1, 0.15) is 22.3 Å². The highest BCUT2D eigenvalue weighted by Gasteiger charge is 2.23. The van der Waals surface area contributed by atoms with Crippen LogP contribution in [0.5, 0.6) is 0 Å². The molecule has 12 aromatic rings. The lowest BCUT2D eigenvalue weighted by Gasteiger charge is -2.25. The van der Waals surface area contributed by atoms with Crippen molar-refractivity contribution in [2.24, 2.45) is 0 Å². The maximum absolute atomic E-state index is 6.43. The third-order valence-electron chi connectivity index (χ3n) is 11.3. The van der Waals surface area contributed by atoms with Gasteiger partial charge in [-0.1, -0.05) is 109 Å². The SMILES string of the molecule is c1ccc(N(c2ccc3c(c2)oc2ccccc23)c2ccc3c4c(-c5ccc6c(c5)oc5ccccc56)cc5ccccc5c4n(-c4ccccc4)c3c2)cc1. The van der Waals surface area contributed by atoms with Gasteiger partial charge in [0.25, 0.3) is 0 Å². The van der Waals surface area contributed by atoms with Crippen LogP contribution in [0.25, 0.3) is 93.3 Å². The van der Waals surface area contributed by atoms with Crippen molar-refractivity contribution in [3.63, 3.8) is 0 Å². The first-order valence-corrected chi connectivity index (χ1v) is 19.0. The summed E-state index contributed by atoms with van der Waals surface area (Å²) in [4.78, 5) is 2.33. The molecule has 0 saturated heterocycles. The molecule has 3 aromatic heterocycles. The van der Waals surface area contributed by atoms with Gasteiger partial charge in [-0.05, 0) is 95.4 Å². The maximum Gasteiger partial charge on any atom is 0.137 e. The Balaban J connectivity index is 1.15. The summed E-state index contributed by atoms with van der Waals surface area (Å²) in [5.74, 6) is 0. The van der Waals surface area contributed by atoms with Gasteiger partial charge in [0, 0.05) is 66.5 Å². The first kappa shape index (κ1) is 30.9. The Labute approximate surface area is 321 Å². The van der Waals surface area contributed by atoms with E-state index in [2.05, 4.69) is 179 Å². The van der Waals surface area contributed by atoms with Crippen molar-refractivity contribution >= 4 is 93.5 Å². The number of hydrogen-bond donors (Lipinski definition) is 0. The van der Waals surface area contributed by atoms with E-state index in [1.54, 1.807) is 0 Å². The van der Waals surface area contributed by atoms with Gasteiger partial charge in [0.2, 0.25) is 0 Å². The first-order valence-electron chi connectivity index (χ1n) is 19.0. The van der Waals surface area contributed by atoms with Crippen molar-refractivity contribution < 1.29 is 8.83 Å². The summed E-state index contributed by atoms with van der Waals surface area (Å²) in [7, 11) is 0. The molecular weight excluding hydrogens is 685 g/mol. The number of benzene rings is 9. The second kappa shape index (κ2) is 12.0. The molecule has 12 rings (SSSR count). The fraction of sp³-hybridized carbons (Fsp3) is 0. The van der Waals surface area contributed by atoms with Crippen molar-refractivity contribution in [1.82, 2.24) is 4.57 Å². The van der Waals surface area contributed by atoms with E-state index in [4.69, 9.17) is 8.83 Å². The van der Waals surface area contributed by atoms with E-state index in [-0.39, 0.29) is 0 Å². The molecule has 4 heteroatoms. The zero-order valence-corrected chi connectivity index (χ0v) is 30.2. The Morgan fingerprint density at radius 3 is 1.66 bits per heavy atom. The average Bonchev–Trinajstić information content (AvgIpc) is 3.93. The largest absolute Gasteiger partial charge is 0.456 e. The number of rotatable bonds is 5. The monoisotopic (exact) mass is 716 g/mol. The molecule has 0 spiro atoms. The molecule has 3 heterocycles. The van der Waals surface area contributed by atoms with Crippen LogP contribution in [-0.4, -0.2) is 4.57 Å². The Morgan fingerprint density at radius 1 is 0.375 bits per heavy atom. The van der Waals surface area contributed by atoms with Gasteiger partial charge in [0.15, 0.2) is 0 Å². The molecule has 0 radical (unpaired) electrons. The smallest absolute Gasteiger partial charge is 0.137 e. The van der Waals surface area contributed by atoms with E-state index in [1.165, 1.54) is 32.6 Å². The standard InChI is InChI=1S/C52H32N2O2/c1-3-14-35(15-4-1)53(38-24-27-43-41-20-10-12-22-48(41)56-50(43)32-38)37-25-28-44-46(31-37)54(36-16-5-2-6-17-36)52-39-18-8-7-13-33(39)29-45(51(44)52)34-23-26-42-40-19-9-11-21-47(40)55-49(42)30-34/h1-32H. The van der Waals surface area contributed by atoms with Gasteiger partial charge in [-0.3, -0.25) is 0 Å². The minimum Gasteiger partial charge on any atom is -0.456 e. The Kier molecular flexibility index (Phi) is 6.60. The molecule has 0 amide bonds. The van der Waals surface area contributed by atoms with Crippen LogP contribution >= 0.6 is 0 Å². The number of anilines is 3. The molecule has 0 bridgehead atoms. The molecular formula is C52H32N2O2. The van der Waals surface area contributed by atoms with Crippen LogP contribution in [0.3, 0.4) is 0 Å². The quantitative estimate of drug-likeness (QED) is 0.178. The number of furan rings is 2. The van der Waals surface area contributed by atoms with Gasteiger partial charge in [-0.15, -0.1) is 0 Å². The van der Waals surface area contributed by atoms with Crippen molar-refractivity contribution in [1.29, 1.82) is 0 Å². The molecule has 0 aliphatic heterocycles. The molecule has 0 aliphatic rings. The molecule has 0 saturated carbocycles. The third-order valence-corrected chi connectivity index (χ3v) is 11.3. The van der Waals surface area contributed by atoms with Crippen LogP contribution in [0.15, 0.2) is 203 Å². The van der Waals surface area contributed by atoms with Gasteiger partial charge < -0.3 is 18.3 Å².